The Hall–Kier alpha value is -1.96. The van der Waals surface area contributed by atoms with Crippen molar-refractivity contribution in [2.45, 2.75) is 32.5 Å². The van der Waals surface area contributed by atoms with E-state index in [0.717, 1.165) is 29.7 Å². The Morgan fingerprint density at radius 3 is 2.92 bits per heavy atom. The van der Waals surface area contributed by atoms with Gasteiger partial charge in [-0.05, 0) is 54.9 Å². The average molecular weight is 388 g/mol. The predicted molar refractivity (Wildman–Crippen MR) is 106 cm³/mol. The Labute approximate surface area is 162 Å². The van der Waals surface area contributed by atoms with Gasteiger partial charge in [0.05, 0.1) is 18.0 Å². The molecule has 2 aromatic heterocycles. The van der Waals surface area contributed by atoms with Crippen LogP contribution in [0.5, 0.6) is 5.75 Å². The lowest BCUT2D eigenvalue weighted by atomic mass is 10.0. The third-order valence-electron chi connectivity index (χ3n) is 4.87. The highest BCUT2D eigenvalue weighted by molar-refractivity contribution is 7.71. The van der Waals surface area contributed by atoms with Gasteiger partial charge in [-0.15, -0.1) is 11.3 Å². The monoisotopic (exact) mass is 387 g/mol. The maximum Gasteiger partial charge on any atom is 0.221 e. The molecular formula is C19H23N4OS2+. The van der Waals surface area contributed by atoms with Gasteiger partial charge in [-0.1, -0.05) is 6.07 Å². The fourth-order valence-corrected chi connectivity index (χ4v) is 4.52. The van der Waals surface area contributed by atoms with Gasteiger partial charge >= 0.3 is 0 Å². The molecule has 0 saturated carbocycles. The summed E-state index contributed by atoms with van der Waals surface area (Å²) in [6.07, 6.45) is 2.43. The Morgan fingerprint density at radius 2 is 2.19 bits per heavy atom. The molecule has 0 aliphatic carbocycles. The molecule has 0 radical (unpaired) electrons. The minimum Gasteiger partial charge on any atom is -0.494 e. The van der Waals surface area contributed by atoms with E-state index in [1.807, 2.05) is 17.7 Å². The van der Waals surface area contributed by atoms with Gasteiger partial charge in [0.2, 0.25) is 4.77 Å². The van der Waals surface area contributed by atoms with Crippen molar-refractivity contribution in [1.29, 1.82) is 0 Å². The van der Waals surface area contributed by atoms with Crippen molar-refractivity contribution >= 4 is 23.6 Å². The molecule has 4 rings (SSSR count). The number of hydrogen-bond acceptors (Lipinski definition) is 4. The van der Waals surface area contributed by atoms with E-state index in [1.54, 1.807) is 11.3 Å². The van der Waals surface area contributed by atoms with Gasteiger partial charge in [0.15, 0.2) is 12.5 Å². The summed E-state index contributed by atoms with van der Waals surface area (Å²) in [5, 5.41) is 5.43. The number of thiophene rings is 1. The highest BCUT2D eigenvalue weighted by atomic mass is 32.1. The molecule has 0 bridgehead atoms. The molecule has 1 fully saturated rings. The average Bonchev–Trinajstić information content (AvgIpc) is 3.38. The number of likely N-dealkylation sites (tertiary alicyclic amines) is 1. The van der Waals surface area contributed by atoms with Gasteiger partial charge in [-0.2, -0.15) is 4.98 Å². The molecule has 7 heteroatoms. The zero-order valence-electron chi connectivity index (χ0n) is 14.8. The number of hydrogen-bond donors (Lipinski definition) is 2. The molecule has 2 atom stereocenters. The van der Waals surface area contributed by atoms with Gasteiger partial charge in [0.25, 0.3) is 0 Å². The minimum atomic E-state index is 0.487. The van der Waals surface area contributed by atoms with Crippen molar-refractivity contribution in [3.05, 3.63) is 52.1 Å². The van der Waals surface area contributed by atoms with Gasteiger partial charge < -0.3 is 9.64 Å². The molecule has 1 aromatic carbocycles. The summed E-state index contributed by atoms with van der Waals surface area (Å²) >= 11 is 7.15. The van der Waals surface area contributed by atoms with Gasteiger partial charge in [-0.25, -0.2) is 4.68 Å². The smallest absolute Gasteiger partial charge is 0.221 e. The summed E-state index contributed by atoms with van der Waals surface area (Å²) in [5.41, 5.74) is 1.37. The molecule has 3 aromatic rings. The largest absolute Gasteiger partial charge is 0.494 e. The first kappa shape index (κ1) is 17.5. The number of nitrogens with one attached hydrogen (secondary N) is 2. The quantitative estimate of drug-likeness (QED) is 0.637. The van der Waals surface area contributed by atoms with Crippen LogP contribution in [-0.2, 0) is 6.67 Å². The summed E-state index contributed by atoms with van der Waals surface area (Å²) < 4.78 is 8.19. The molecule has 0 spiro atoms. The van der Waals surface area contributed by atoms with Crippen molar-refractivity contribution < 1.29 is 9.64 Å². The number of aromatic nitrogens is 3. The lowest BCUT2D eigenvalue weighted by molar-refractivity contribution is -0.941. The molecule has 2 N–H and O–H groups in total. The molecule has 1 saturated heterocycles. The fourth-order valence-electron chi connectivity index (χ4n) is 3.66. The van der Waals surface area contributed by atoms with E-state index in [-0.39, 0.29) is 0 Å². The number of rotatable bonds is 6. The Balaban J connectivity index is 1.51. The van der Waals surface area contributed by atoms with E-state index in [9.17, 15) is 0 Å². The molecule has 26 heavy (non-hydrogen) atoms. The van der Waals surface area contributed by atoms with Crippen molar-refractivity contribution in [2.75, 3.05) is 13.2 Å². The minimum absolute atomic E-state index is 0.487. The molecule has 136 valence electrons. The third kappa shape index (κ3) is 3.60. The first-order chi connectivity index (χ1) is 12.7. The lowest BCUT2D eigenvalue weighted by Gasteiger charge is -2.22. The summed E-state index contributed by atoms with van der Waals surface area (Å²) in [7, 11) is 0. The normalized spacial score (nSPS) is 19.7. The summed E-state index contributed by atoms with van der Waals surface area (Å²) in [6.45, 7) is 4.67. The standard InChI is InChI=1S/C19H22N4OS2/c1-2-24-15-9-7-14(8-10-15)16-5-3-11-22(16)13-23-19(25)20-18(21-23)17-6-4-12-26-17/h4,6-10,12,16H,2-3,5,11,13H2,1H3,(H,20,21,25)/p+1/t16-/m1/s1. The van der Waals surface area contributed by atoms with Gasteiger partial charge in [0, 0.05) is 18.4 Å². The molecular weight excluding hydrogens is 364 g/mol. The van der Waals surface area contributed by atoms with Crippen LogP contribution in [0.3, 0.4) is 0 Å². The van der Waals surface area contributed by atoms with Crippen molar-refractivity contribution in [3.63, 3.8) is 0 Å². The fraction of sp³-hybridized carbons (Fsp3) is 0.368. The molecule has 1 aliphatic heterocycles. The Morgan fingerprint density at radius 1 is 1.35 bits per heavy atom. The Kier molecular flexibility index (Phi) is 5.19. The number of benzene rings is 1. The van der Waals surface area contributed by atoms with Crippen LogP contribution in [-0.4, -0.2) is 27.9 Å². The van der Waals surface area contributed by atoms with Crippen LogP contribution in [0.2, 0.25) is 0 Å². The number of nitrogens with zero attached hydrogens (tertiary/aromatic N) is 2. The van der Waals surface area contributed by atoms with E-state index < -0.39 is 0 Å². The highest BCUT2D eigenvalue weighted by Crippen LogP contribution is 2.23. The van der Waals surface area contributed by atoms with Crippen LogP contribution in [0.1, 0.15) is 31.4 Å². The van der Waals surface area contributed by atoms with Crippen molar-refractivity contribution in [1.82, 2.24) is 14.8 Å². The molecule has 5 nitrogen and oxygen atoms in total. The topological polar surface area (TPSA) is 47.3 Å². The number of aromatic amines is 1. The summed E-state index contributed by atoms with van der Waals surface area (Å²) in [5.74, 6) is 1.80. The van der Waals surface area contributed by atoms with E-state index >= 15 is 0 Å². The summed E-state index contributed by atoms with van der Waals surface area (Å²) in [6, 6.07) is 13.1. The third-order valence-corrected chi connectivity index (χ3v) is 6.06. The van der Waals surface area contributed by atoms with E-state index in [1.165, 1.54) is 23.3 Å². The van der Waals surface area contributed by atoms with E-state index in [2.05, 4.69) is 45.8 Å². The van der Waals surface area contributed by atoms with Crippen LogP contribution >= 0.6 is 23.6 Å². The second-order valence-corrected chi connectivity index (χ2v) is 7.84. The predicted octanol–water partition coefficient (Wildman–Crippen LogP) is 3.45. The SMILES string of the molecule is CCOc1ccc([C@H]2CCC[NH+]2Cn2[nH]c(-c3cccs3)nc2=S)cc1. The van der Waals surface area contributed by atoms with Gasteiger partial charge in [0.1, 0.15) is 11.8 Å². The molecule has 0 amide bonds. The number of ether oxygens (including phenoxy) is 1. The number of H-pyrrole nitrogens is 1. The first-order valence-electron chi connectivity index (χ1n) is 9.02. The van der Waals surface area contributed by atoms with Crippen LogP contribution in [0.25, 0.3) is 10.7 Å². The maximum absolute atomic E-state index is 5.56. The van der Waals surface area contributed by atoms with Crippen LogP contribution in [0, 0.1) is 4.77 Å². The van der Waals surface area contributed by atoms with E-state index in [4.69, 9.17) is 17.0 Å². The zero-order valence-corrected chi connectivity index (χ0v) is 16.4. The van der Waals surface area contributed by atoms with Crippen LogP contribution in [0.15, 0.2) is 41.8 Å². The molecule has 1 unspecified atom stereocenters. The Bertz CT molecular complexity index is 899. The van der Waals surface area contributed by atoms with Gasteiger partial charge in [-0.3, -0.25) is 5.10 Å². The second kappa shape index (κ2) is 7.73. The van der Waals surface area contributed by atoms with E-state index in [0.29, 0.717) is 17.4 Å². The molecule has 1 aliphatic rings. The second-order valence-electron chi connectivity index (χ2n) is 6.52. The van der Waals surface area contributed by atoms with Crippen LogP contribution in [0.4, 0.5) is 0 Å². The first-order valence-corrected chi connectivity index (χ1v) is 10.3. The van der Waals surface area contributed by atoms with Crippen LogP contribution < -0.4 is 9.64 Å². The molecule has 3 heterocycles. The lowest BCUT2D eigenvalue weighted by Crippen LogP contribution is -3.09. The summed E-state index contributed by atoms with van der Waals surface area (Å²) in [4.78, 5) is 7.17. The number of quaternary nitrogens is 1. The zero-order chi connectivity index (χ0) is 17.9. The highest BCUT2D eigenvalue weighted by Gasteiger charge is 2.30. The van der Waals surface area contributed by atoms with Crippen molar-refractivity contribution in [2.24, 2.45) is 0 Å². The van der Waals surface area contributed by atoms with Crippen molar-refractivity contribution in [3.8, 4) is 16.5 Å². The maximum atomic E-state index is 5.56.